The molecule has 0 spiro atoms. The summed E-state index contributed by atoms with van der Waals surface area (Å²) >= 11 is 1.68. The highest BCUT2D eigenvalue weighted by Gasteiger charge is 2.40. The van der Waals surface area contributed by atoms with E-state index in [0.717, 1.165) is 6.42 Å². The van der Waals surface area contributed by atoms with Crippen LogP contribution in [-0.2, 0) is 16.0 Å². The lowest BCUT2D eigenvalue weighted by Gasteiger charge is -2.25. The van der Waals surface area contributed by atoms with Gasteiger partial charge >= 0.3 is 0 Å². The van der Waals surface area contributed by atoms with Crippen LogP contribution >= 0.6 is 11.3 Å². The van der Waals surface area contributed by atoms with Crippen LogP contribution in [-0.4, -0.2) is 40.7 Å². The Hall–Kier alpha value is -1.73. The molecule has 1 fully saturated rings. The monoisotopic (exact) mass is 335 g/mol. The van der Waals surface area contributed by atoms with E-state index in [1.54, 1.807) is 25.4 Å². The summed E-state index contributed by atoms with van der Waals surface area (Å²) in [5, 5.41) is 5.88. The van der Waals surface area contributed by atoms with Gasteiger partial charge in [-0.1, -0.05) is 18.1 Å². The number of aryl methyl sites for hydroxylation is 1. The molecule has 3 rings (SSSR count). The predicted molar refractivity (Wildman–Crippen MR) is 86.1 cm³/mol. The summed E-state index contributed by atoms with van der Waals surface area (Å²) in [6.07, 6.45) is 1.45. The van der Waals surface area contributed by atoms with Gasteiger partial charge < -0.3 is 14.2 Å². The molecule has 0 radical (unpaired) electrons. The molecule has 7 heteroatoms. The van der Waals surface area contributed by atoms with Gasteiger partial charge in [-0.25, -0.2) is 0 Å². The summed E-state index contributed by atoms with van der Waals surface area (Å²) in [6.45, 7) is 4.32. The number of nitrogens with zero attached hydrogens (tertiary/aromatic N) is 3. The van der Waals surface area contributed by atoms with Crippen LogP contribution in [0.25, 0.3) is 0 Å². The van der Waals surface area contributed by atoms with Crippen molar-refractivity contribution in [3.8, 4) is 0 Å². The summed E-state index contributed by atoms with van der Waals surface area (Å²) in [5.74, 6) is 1.10. The van der Waals surface area contributed by atoms with Gasteiger partial charge in [0.05, 0.1) is 6.10 Å². The largest absolute Gasteiger partial charge is 0.380 e. The summed E-state index contributed by atoms with van der Waals surface area (Å²) in [7, 11) is 1.67. The molecule has 1 unspecified atom stereocenters. The third-order valence-corrected chi connectivity index (χ3v) is 5.12. The molecule has 1 aliphatic rings. The summed E-state index contributed by atoms with van der Waals surface area (Å²) < 4.78 is 10.8. The number of likely N-dealkylation sites (tertiary alicyclic amines) is 1. The first-order valence-corrected chi connectivity index (χ1v) is 8.62. The molecule has 3 heterocycles. The molecule has 124 valence electrons. The van der Waals surface area contributed by atoms with E-state index in [-0.39, 0.29) is 24.0 Å². The highest BCUT2D eigenvalue weighted by Crippen LogP contribution is 2.34. The average molecular weight is 335 g/mol. The lowest BCUT2D eigenvalue weighted by Crippen LogP contribution is -2.36. The fraction of sp³-hybridized carbons (Fsp3) is 0.562. The van der Waals surface area contributed by atoms with Crippen molar-refractivity contribution >= 4 is 17.2 Å². The fourth-order valence-electron chi connectivity index (χ4n) is 3.00. The Balaban J connectivity index is 1.76. The second-order valence-electron chi connectivity index (χ2n) is 5.96. The third-order valence-electron chi connectivity index (χ3n) is 4.22. The van der Waals surface area contributed by atoms with Crippen molar-refractivity contribution in [3.63, 3.8) is 0 Å². The third kappa shape index (κ3) is 3.45. The highest BCUT2D eigenvalue weighted by molar-refractivity contribution is 7.09. The zero-order chi connectivity index (χ0) is 16.4. The number of thiophene rings is 1. The smallest absolute Gasteiger partial charge is 0.249 e. The summed E-state index contributed by atoms with van der Waals surface area (Å²) in [5.41, 5.74) is 0. The second kappa shape index (κ2) is 6.80. The van der Waals surface area contributed by atoms with Gasteiger partial charge in [0.15, 0.2) is 5.82 Å². The molecule has 23 heavy (non-hydrogen) atoms. The quantitative estimate of drug-likeness (QED) is 0.840. The van der Waals surface area contributed by atoms with Crippen molar-refractivity contribution in [1.82, 2.24) is 15.0 Å². The first kappa shape index (κ1) is 16.1. The van der Waals surface area contributed by atoms with E-state index >= 15 is 0 Å². The van der Waals surface area contributed by atoms with Crippen LogP contribution < -0.4 is 0 Å². The standard InChI is InChI=1S/C16H21N3O3S/c1-10(7-13-5-4-6-23-13)16(20)19-9-12(21-3)8-14(19)15-17-11(2)18-22-15/h4-6,10,12,14H,7-9H2,1-3H3/t10?,12-,14-/m1/s1. The number of amides is 1. The van der Waals surface area contributed by atoms with E-state index < -0.39 is 0 Å². The molecule has 0 aliphatic carbocycles. The molecular weight excluding hydrogens is 314 g/mol. The van der Waals surface area contributed by atoms with Crippen LogP contribution in [0.2, 0.25) is 0 Å². The molecule has 2 aromatic heterocycles. The molecular formula is C16H21N3O3S. The zero-order valence-corrected chi connectivity index (χ0v) is 14.4. The summed E-state index contributed by atoms with van der Waals surface area (Å²) in [4.78, 5) is 20.3. The molecule has 6 nitrogen and oxygen atoms in total. The Morgan fingerprint density at radius 1 is 1.61 bits per heavy atom. The molecule has 0 saturated carbocycles. The van der Waals surface area contributed by atoms with Gasteiger partial charge in [0, 0.05) is 30.9 Å². The maximum atomic E-state index is 12.9. The van der Waals surface area contributed by atoms with Crippen molar-refractivity contribution in [2.75, 3.05) is 13.7 Å². The molecule has 1 saturated heterocycles. The van der Waals surface area contributed by atoms with E-state index in [9.17, 15) is 4.79 Å². The first-order chi connectivity index (χ1) is 11.1. The van der Waals surface area contributed by atoms with Crippen molar-refractivity contribution in [2.24, 2.45) is 5.92 Å². The van der Waals surface area contributed by atoms with Gasteiger partial charge in [0.2, 0.25) is 11.8 Å². The van der Waals surface area contributed by atoms with Crippen molar-refractivity contribution in [2.45, 2.75) is 38.8 Å². The average Bonchev–Trinajstić information content (AvgIpc) is 3.26. The van der Waals surface area contributed by atoms with Gasteiger partial charge in [-0.05, 0) is 24.8 Å². The van der Waals surface area contributed by atoms with E-state index in [2.05, 4.69) is 16.2 Å². The molecule has 0 bridgehead atoms. The Morgan fingerprint density at radius 3 is 3.04 bits per heavy atom. The zero-order valence-electron chi connectivity index (χ0n) is 13.6. The maximum Gasteiger partial charge on any atom is 0.249 e. The summed E-state index contributed by atoms with van der Waals surface area (Å²) in [6, 6.07) is 3.88. The Kier molecular flexibility index (Phi) is 4.77. The van der Waals surface area contributed by atoms with Crippen molar-refractivity contribution in [1.29, 1.82) is 0 Å². The second-order valence-corrected chi connectivity index (χ2v) is 7.00. The van der Waals surface area contributed by atoms with Crippen LogP contribution in [0.4, 0.5) is 0 Å². The topological polar surface area (TPSA) is 68.5 Å². The number of carbonyl (C=O) groups excluding carboxylic acids is 1. The SMILES string of the molecule is CO[C@@H]1C[C@H](c2nc(C)no2)N(C(=O)C(C)Cc2cccs2)C1. The van der Waals surface area contributed by atoms with E-state index in [1.807, 2.05) is 23.3 Å². The van der Waals surface area contributed by atoms with E-state index in [4.69, 9.17) is 9.26 Å². The number of hydrogen-bond acceptors (Lipinski definition) is 6. The Labute approximate surface area is 139 Å². The number of hydrogen-bond donors (Lipinski definition) is 0. The van der Waals surface area contributed by atoms with Gasteiger partial charge in [-0.2, -0.15) is 4.98 Å². The van der Waals surface area contributed by atoms with Crippen molar-refractivity contribution in [3.05, 3.63) is 34.1 Å². The van der Waals surface area contributed by atoms with Gasteiger partial charge in [0.1, 0.15) is 6.04 Å². The Bertz CT molecular complexity index is 655. The molecule has 3 atom stereocenters. The van der Waals surface area contributed by atoms with Gasteiger partial charge in [0.25, 0.3) is 0 Å². The van der Waals surface area contributed by atoms with Gasteiger partial charge in [-0.3, -0.25) is 4.79 Å². The van der Waals surface area contributed by atoms with Crippen LogP contribution in [0.1, 0.15) is 36.0 Å². The predicted octanol–water partition coefficient (Wildman–Crippen LogP) is 2.61. The lowest BCUT2D eigenvalue weighted by molar-refractivity contribution is -0.136. The van der Waals surface area contributed by atoms with Gasteiger partial charge in [-0.15, -0.1) is 11.3 Å². The number of aromatic nitrogens is 2. The Morgan fingerprint density at radius 2 is 2.43 bits per heavy atom. The fourth-order valence-corrected chi connectivity index (χ4v) is 3.83. The van der Waals surface area contributed by atoms with Crippen LogP contribution in [0.3, 0.4) is 0 Å². The first-order valence-electron chi connectivity index (χ1n) is 7.74. The molecule has 1 amide bonds. The van der Waals surface area contributed by atoms with E-state index in [1.165, 1.54) is 4.88 Å². The van der Waals surface area contributed by atoms with Crippen molar-refractivity contribution < 1.29 is 14.1 Å². The number of methoxy groups -OCH3 is 1. The molecule has 2 aromatic rings. The normalized spacial score (nSPS) is 22.5. The molecule has 0 N–H and O–H groups in total. The molecule has 1 aliphatic heterocycles. The van der Waals surface area contributed by atoms with Crippen LogP contribution in [0, 0.1) is 12.8 Å². The van der Waals surface area contributed by atoms with Crippen LogP contribution in [0.5, 0.6) is 0 Å². The lowest BCUT2D eigenvalue weighted by atomic mass is 10.0. The number of carbonyl (C=O) groups is 1. The number of rotatable bonds is 5. The maximum absolute atomic E-state index is 12.9. The highest BCUT2D eigenvalue weighted by atomic mass is 32.1. The minimum Gasteiger partial charge on any atom is -0.380 e. The minimum absolute atomic E-state index is 0.00472. The molecule has 0 aromatic carbocycles. The minimum atomic E-state index is -0.195. The number of ether oxygens (including phenoxy) is 1. The van der Waals surface area contributed by atoms with Crippen LogP contribution in [0.15, 0.2) is 22.0 Å². The van der Waals surface area contributed by atoms with E-state index in [0.29, 0.717) is 24.7 Å².